The van der Waals surface area contributed by atoms with Crippen LogP contribution in [0, 0.1) is 0 Å². The van der Waals surface area contributed by atoms with Gasteiger partial charge in [0, 0.05) is 17.8 Å². The molecule has 0 aromatic heterocycles. The average Bonchev–Trinajstić information content (AvgIpc) is 3.37. The van der Waals surface area contributed by atoms with Crippen LogP contribution in [-0.4, -0.2) is 79.6 Å². The lowest BCUT2D eigenvalue weighted by atomic mass is 10.1. The van der Waals surface area contributed by atoms with Gasteiger partial charge in [0.1, 0.15) is 17.8 Å². The molecule has 31 heavy (non-hydrogen) atoms. The number of nitrogens with zero attached hydrogens (tertiary/aromatic N) is 4. The Morgan fingerprint density at radius 2 is 2.35 bits per heavy atom. The van der Waals surface area contributed by atoms with Crippen LogP contribution in [0.4, 0.5) is 5.69 Å². The third-order valence-corrected chi connectivity index (χ3v) is 5.87. The van der Waals surface area contributed by atoms with E-state index in [-0.39, 0.29) is 12.7 Å². The van der Waals surface area contributed by atoms with E-state index in [9.17, 15) is 4.79 Å². The van der Waals surface area contributed by atoms with E-state index < -0.39 is 11.2 Å². The fourth-order valence-electron chi connectivity index (χ4n) is 3.33. The minimum absolute atomic E-state index is 0.193. The Bertz CT molecular complexity index is 910. The Hall–Kier alpha value is -2.60. The molecule has 2 atom stereocenters. The number of thioether (sulfide) groups is 1. The van der Waals surface area contributed by atoms with Crippen LogP contribution in [0.3, 0.4) is 0 Å². The lowest BCUT2D eigenvalue weighted by Gasteiger charge is -2.24. The number of hydrogen-bond donors (Lipinski definition) is 3. The van der Waals surface area contributed by atoms with Crippen LogP contribution in [0.1, 0.15) is 12.0 Å². The van der Waals surface area contributed by atoms with E-state index in [0.717, 1.165) is 30.1 Å². The fraction of sp³-hybridized carbons (Fsp3) is 0.450. The zero-order valence-electron chi connectivity index (χ0n) is 17.6. The van der Waals surface area contributed by atoms with Gasteiger partial charge in [0.15, 0.2) is 6.79 Å². The first-order valence-electron chi connectivity index (χ1n) is 10.0. The largest absolute Gasteiger partial charge is 0.467 e. The van der Waals surface area contributed by atoms with Gasteiger partial charge in [-0.05, 0) is 44.6 Å². The van der Waals surface area contributed by atoms with Gasteiger partial charge in [0.25, 0.3) is 5.91 Å². The molecule has 1 amide bonds. The Morgan fingerprint density at radius 3 is 3.13 bits per heavy atom. The third kappa shape index (κ3) is 5.01. The molecule has 1 aromatic carbocycles. The molecule has 4 rings (SSSR count). The van der Waals surface area contributed by atoms with Crippen molar-refractivity contribution in [3.63, 3.8) is 0 Å². The van der Waals surface area contributed by atoms with Gasteiger partial charge >= 0.3 is 0 Å². The van der Waals surface area contributed by atoms with E-state index in [4.69, 9.17) is 15.2 Å². The Morgan fingerprint density at radius 1 is 1.48 bits per heavy atom. The number of aliphatic imine (C=N–C) groups is 2. The molecule has 166 valence electrons. The molecule has 0 spiro atoms. The van der Waals surface area contributed by atoms with Crippen LogP contribution in [0.5, 0.6) is 5.75 Å². The second kappa shape index (κ2) is 9.27. The quantitative estimate of drug-likeness (QED) is 0.374. The van der Waals surface area contributed by atoms with Crippen molar-refractivity contribution >= 4 is 35.5 Å². The molecule has 2 unspecified atom stereocenters. The first kappa shape index (κ1) is 21.6. The van der Waals surface area contributed by atoms with Crippen molar-refractivity contribution in [2.24, 2.45) is 15.7 Å². The van der Waals surface area contributed by atoms with Crippen LogP contribution >= 0.6 is 11.8 Å². The molecule has 3 heterocycles. The second-order valence-electron chi connectivity index (χ2n) is 7.65. The van der Waals surface area contributed by atoms with Gasteiger partial charge in [-0.3, -0.25) is 10.5 Å². The van der Waals surface area contributed by atoms with E-state index in [1.54, 1.807) is 17.9 Å². The van der Waals surface area contributed by atoms with Crippen molar-refractivity contribution in [1.29, 1.82) is 0 Å². The average molecular weight is 446 g/mol. The lowest BCUT2D eigenvalue weighted by molar-refractivity contribution is -0.124. The highest BCUT2D eigenvalue weighted by Gasteiger charge is 2.38. The third-order valence-electron chi connectivity index (χ3n) is 4.92. The summed E-state index contributed by atoms with van der Waals surface area (Å²) in [5.41, 5.74) is 7.71. The van der Waals surface area contributed by atoms with Crippen molar-refractivity contribution in [2.45, 2.75) is 17.6 Å². The van der Waals surface area contributed by atoms with Crippen molar-refractivity contribution in [1.82, 2.24) is 20.4 Å². The van der Waals surface area contributed by atoms with E-state index >= 15 is 0 Å². The SMILES string of the molecule is CN(C)CCCOCOc1ccc2c(c1)N=CN1CC(NC(=O)C3(N)NC=CS3)N=C21. The maximum atomic E-state index is 12.5. The van der Waals surface area contributed by atoms with Crippen molar-refractivity contribution in [2.75, 3.05) is 40.6 Å². The van der Waals surface area contributed by atoms with E-state index in [0.29, 0.717) is 18.9 Å². The molecule has 0 fully saturated rings. The Balaban J connectivity index is 1.34. The standard InChI is InChI=1S/C20H27N7O3S/c1-26(2)7-3-8-29-13-30-14-4-5-15-16(10-14)22-12-27-11-17(24-18(15)27)25-19(28)20(21)23-6-9-31-20/h4-6,9-10,12,17,23H,3,7-8,11,13,21H2,1-2H3,(H,25,28). The number of nitrogens with two attached hydrogens (primary N) is 1. The first-order chi connectivity index (χ1) is 14.9. The molecule has 0 aliphatic carbocycles. The van der Waals surface area contributed by atoms with Gasteiger partial charge in [-0.25, -0.2) is 9.98 Å². The van der Waals surface area contributed by atoms with Gasteiger partial charge in [-0.15, -0.1) is 0 Å². The van der Waals surface area contributed by atoms with Crippen LogP contribution < -0.4 is 21.1 Å². The topological polar surface area (TPSA) is 117 Å². The van der Waals surface area contributed by atoms with Gasteiger partial charge in [-0.1, -0.05) is 11.8 Å². The number of amides is 1. The number of ether oxygens (including phenoxy) is 2. The van der Waals surface area contributed by atoms with Crippen LogP contribution in [0.25, 0.3) is 0 Å². The smallest absolute Gasteiger partial charge is 0.273 e. The molecule has 0 radical (unpaired) electrons. The summed E-state index contributed by atoms with van der Waals surface area (Å²) in [5, 5.41) is 7.50. The molecule has 4 N–H and O–H groups in total. The Labute approximate surface area is 185 Å². The van der Waals surface area contributed by atoms with Crippen molar-refractivity contribution in [3.05, 3.63) is 35.4 Å². The predicted octanol–water partition coefficient (Wildman–Crippen LogP) is 0.589. The van der Waals surface area contributed by atoms with Gasteiger partial charge in [0.05, 0.1) is 25.2 Å². The number of rotatable bonds is 9. The molecular formula is C20H27N7O3S. The van der Waals surface area contributed by atoms with E-state index in [2.05, 4.69) is 25.5 Å². The van der Waals surface area contributed by atoms with Crippen LogP contribution in [-0.2, 0) is 9.53 Å². The first-order valence-corrected chi connectivity index (χ1v) is 10.9. The number of hydrogen-bond acceptors (Lipinski definition) is 10. The summed E-state index contributed by atoms with van der Waals surface area (Å²) in [6, 6.07) is 5.65. The molecular weight excluding hydrogens is 418 g/mol. The zero-order chi connectivity index (χ0) is 21.8. The monoisotopic (exact) mass is 445 g/mol. The minimum Gasteiger partial charge on any atom is -0.467 e. The highest BCUT2D eigenvalue weighted by Crippen LogP contribution is 2.31. The molecule has 10 nitrogen and oxygen atoms in total. The molecule has 3 aliphatic heterocycles. The van der Waals surface area contributed by atoms with Crippen LogP contribution in [0.15, 0.2) is 39.8 Å². The number of amidine groups is 1. The summed E-state index contributed by atoms with van der Waals surface area (Å²) in [4.78, 5) is 24.5. The summed E-state index contributed by atoms with van der Waals surface area (Å²) in [5.74, 6) is 1.13. The molecule has 0 saturated carbocycles. The number of carbonyl (C=O) groups excluding carboxylic acids is 1. The van der Waals surface area contributed by atoms with Crippen molar-refractivity contribution in [3.8, 4) is 5.75 Å². The maximum Gasteiger partial charge on any atom is 0.273 e. The number of fused-ring (bicyclic) bond motifs is 3. The predicted molar refractivity (Wildman–Crippen MR) is 121 cm³/mol. The summed E-state index contributed by atoms with van der Waals surface area (Å²) >= 11 is 1.22. The number of carbonyl (C=O) groups is 1. The minimum atomic E-state index is -1.20. The van der Waals surface area contributed by atoms with Crippen LogP contribution in [0.2, 0.25) is 0 Å². The summed E-state index contributed by atoms with van der Waals surface area (Å²) in [6.07, 6.45) is 3.92. The second-order valence-corrected chi connectivity index (χ2v) is 8.80. The maximum absolute atomic E-state index is 12.5. The molecule has 11 heteroatoms. The zero-order valence-corrected chi connectivity index (χ0v) is 18.4. The van der Waals surface area contributed by atoms with Gasteiger partial charge in [0.2, 0.25) is 4.99 Å². The lowest BCUT2D eigenvalue weighted by Crippen LogP contribution is -2.59. The van der Waals surface area contributed by atoms with E-state index in [1.807, 2.05) is 37.2 Å². The van der Waals surface area contributed by atoms with Crippen molar-refractivity contribution < 1.29 is 14.3 Å². The summed E-state index contributed by atoms with van der Waals surface area (Å²) < 4.78 is 11.2. The van der Waals surface area contributed by atoms with Gasteiger partial charge < -0.3 is 29.9 Å². The molecule has 1 aromatic rings. The molecule has 0 saturated heterocycles. The Kier molecular flexibility index (Phi) is 6.46. The van der Waals surface area contributed by atoms with E-state index in [1.165, 1.54) is 11.8 Å². The highest BCUT2D eigenvalue weighted by atomic mass is 32.2. The summed E-state index contributed by atoms with van der Waals surface area (Å²) in [7, 11) is 4.07. The van der Waals surface area contributed by atoms with Gasteiger partial charge in [-0.2, -0.15) is 0 Å². The fourth-order valence-corrected chi connectivity index (χ4v) is 3.98. The summed E-state index contributed by atoms with van der Waals surface area (Å²) in [6.45, 7) is 2.32. The normalized spacial score (nSPS) is 23.4. The number of benzene rings is 1. The highest BCUT2D eigenvalue weighted by molar-refractivity contribution is 8.04. The molecule has 3 aliphatic rings. The number of nitrogens with one attached hydrogen (secondary N) is 2. The molecule has 0 bridgehead atoms.